The van der Waals surface area contributed by atoms with E-state index in [2.05, 4.69) is 48.3 Å². The molecule has 0 saturated carbocycles. The predicted octanol–water partition coefficient (Wildman–Crippen LogP) is 4.94. The summed E-state index contributed by atoms with van der Waals surface area (Å²) in [6, 6.07) is 16.4. The van der Waals surface area contributed by atoms with Crippen molar-refractivity contribution in [3.63, 3.8) is 0 Å². The van der Waals surface area contributed by atoms with E-state index >= 15 is 0 Å². The maximum atomic E-state index is 13.0. The fourth-order valence-corrected chi connectivity index (χ4v) is 4.78. The Bertz CT molecular complexity index is 1360. The first kappa shape index (κ1) is 23.9. The molecule has 1 fully saturated rings. The van der Waals surface area contributed by atoms with Crippen LogP contribution in [0.15, 0.2) is 60.9 Å². The molecule has 0 unspecified atom stereocenters. The minimum absolute atomic E-state index is 0.0781. The summed E-state index contributed by atoms with van der Waals surface area (Å²) in [6.07, 6.45) is 5.49. The van der Waals surface area contributed by atoms with Gasteiger partial charge in [0.25, 0.3) is 0 Å². The molecule has 1 N–H and O–H groups in total. The molecule has 0 radical (unpaired) electrons. The Morgan fingerprint density at radius 1 is 1.11 bits per heavy atom. The van der Waals surface area contributed by atoms with Gasteiger partial charge in [-0.05, 0) is 74.6 Å². The molecule has 0 spiro atoms. The van der Waals surface area contributed by atoms with Crippen molar-refractivity contribution in [1.29, 1.82) is 0 Å². The Hall–Kier alpha value is -3.87. The second-order valence-electron chi connectivity index (χ2n) is 9.49. The number of aromatic nitrogens is 3. The van der Waals surface area contributed by atoms with E-state index in [1.165, 1.54) is 11.1 Å². The molecule has 0 aliphatic carbocycles. The molecule has 0 bridgehead atoms. The summed E-state index contributed by atoms with van der Waals surface area (Å²) in [5.74, 6) is 1.73. The number of anilines is 1. The van der Waals surface area contributed by atoms with E-state index in [-0.39, 0.29) is 11.8 Å². The van der Waals surface area contributed by atoms with Crippen LogP contribution in [-0.4, -0.2) is 40.2 Å². The number of nitrogens with zero attached hydrogens (tertiary/aromatic N) is 4. The van der Waals surface area contributed by atoms with Crippen molar-refractivity contribution in [3.05, 3.63) is 77.6 Å². The highest BCUT2D eigenvalue weighted by Crippen LogP contribution is 2.29. The number of piperidine rings is 1. The van der Waals surface area contributed by atoms with E-state index < -0.39 is 0 Å². The Morgan fingerprint density at radius 2 is 1.94 bits per heavy atom. The van der Waals surface area contributed by atoms with Crippen LogP contribution in [0.1, 0.15) is 36.5 Å². The smallest absolute Gasteiger partial charge is 0.225 e. The molecule has 186 valence electrons. The molecule has 1 saturated heterocycles. The SMILES string of the molecule is CCOc1ccc(CNC(=O)[C@@H]2CCCN(c3nccn4nc(-c5ccc(C)c(C)c5)cc34)C2)cc1. The Kier molecular flexibility index (Phi) is 6.89. The molecule has 7 heteroatoms. The van der Waals surface area contributed by atoms with Crippen molar-refractivity contribution in [2.24, 2.45) is 5.92 Å². The third-order valence-electron chi connectivity index (χ3n) is 6.97. The number of hydrogen-bond acceptors (Lipinski definition) is 5. The highest BCUT2D eigenvalue weighted by atomic mass is 16.5. The Balaban J connectivity index is 1.29. The maximum Gasteiger partial charge on any atom is 0.225 e. The van der Waals surface area contributed by atoms with Crippen molar-refractivity contribution >= 4 is 17.2 Å². The van der Waals surface area contributed by atoms with Gasteiger partial charge in [0.15, 0.2) is 5.82 Å². The van der Waals surface area contributed by atoms with Gasteiger partial charge in [-0.15, -0.1) is 0 Å². The molecule has 4 aromatic rings. The molecule has 1 amide bonds. The number of carbonyl (C=O) groups is 1. The van der Waals surface area contributed by atoms with Gasteiger partial charge < -0.3 is 15.0 Å². The molecule has 1 atom stereocenters. The highest BCUT2D eigenvalue weighted by Gasteiger charge is 2.27. The van der Waals surface area contributed by atoms with Crippen LogP contribution < -0.4 is 15.0 Å². The lowest BCUT2D eigenvalue weighted by atomic mass is 9.97. The van der Waals surface area contributed by atoms with E-state index in [0.29, 0.717) is 19.7 Å². The Morgan fingerprint density at radius 3 is 2.72 bits per heavy atom. The van der Waals surface area contributed by atoms with Gasteiger partial charge in [-0.2, -0.15) is 5.10 Å². The second-order valence-corrected chi connectivity index (χ2v) is 9.49. The van der Waals surface area contributed by atoms with Crippen LogP contribution in [0.4, 0.5) is 5.82 Å². The van der Waals surface area contributed by atoms with E-state index in [9.17, 15) is 4.79 Å². The predicted molar refractivity (Wildman–Crippen MR) is 142 cm³/mol. The fourth-order valence-electron chi connectivity index (χ4n) is 4.78. The van der Waals surface area contributed by atoms with Gasteiger partial charge in [0, 0.05) is 37.6 Å². The van der Waals surface area contributed by atoms with Gasteiger partial charge in [0.05, 0.1) is 18.2 Å². The number of nitrogens with one attached hydrogen (secondary N) is 1. The zero-order valence-electron chi connectivity index (χ0n) is 21.2. The van der Waals surface area contributed by atoms with Crippen molar-refractivity contribution in [1.82, 2.24) is 19.9 Å². The summed E-state index contributed by atoms with van der Waals surface area (Å²) in [6.45, 7) is 8.88. The van der Waals surface area contributed by atoms with Crippen LogP contribution in [0.2, 0.25) is 0 Å². The highest BCUT2D eigenvalue weighted by molar-refractivity contribution is 5.81. The third kappa shape index (κ3) is 5.05. The van der Waals surface area contributed by atoms with Crippen LogP contribution in [0.3, 0.4) is 0 Å². The molecule has 3 heterocycles. The molecule has 7 nitrogen and oxygen atoms in total. The Labute approximate surface area is 212 Å². The lowest BCUT2D eigenvalue weighted by Gasteiger charge is -2.33. The van der Waals surface area contributed by atoms with E-state index in [0.717, 1.165) is 53.3 Å². The normalized spacial score (nSPS) is 15.8. The molecule has 2 aromatic carbocycles. The van der Waals surface area contributed by atoms with Gasteiger partial charge in [0.1, 0.15) is 11.3 Å². The van der Waals surface area contributed by atoms with Gasteiger partial charge in [-0.3, -0.25) is 4.79 Å². The van der Waals surface area contributed by atoms with Crippen molar-refractivity contribution in [2.45, 2.75) is 40.2 Å². The number of amides is 1. The van der Waals surface area contributed by atoms with Crippen LogP contribution in [-0.2, 0) is 11.3 Å². The van der Waals surface area contributed by atoms with Crippen LogP contribution in [0.5, 0.6) is 5.75 Å². The average Bonchev–Trinajstić information content (AvgIpc) is 3.34. The van der Waals surface area contributed by atoms with Crippen molar-refractivity contribution in [2.75, 3.05) is 24.6 Å². The summed E-state index contributed by atoms with van der Waals surface area (Å²) in [5.41, 5.74) is 6.56. The van der Waals surface area contributed by atoms with Crippen LogP contribution >= 0.6 is 0 Å². The summed E-state index contributed by atoms with van der Waals surface area (Å²) < 4.78 is 7.39. The molecular formula is C29H33N5O2. The lowest BCUT2D eigenvalue weighted by Crippen LogP contribution is -2.43. The number of ether oxygens (including phenoxy) is 1. The first-order valence-corrected chi connectivity index (χ1v) is 12.7. The van der Waals surface area contributed by atoms with Crippen LogP contribution in [0, 0.1) is 19.8 Å². The zero-order chi connectivity index (χ0) is 25.1. The second kappa shape index (κ2) is 10.4. The topological polar surface area (TPSA) is 71.8 Å². The minimum atomic E-state index is -0.0781. The molecule has 36 heavy (non-hydrogen) atoms. The zero-order valence-corrected chi connectivity index (χ0v) is 21.2. The quantitative estimate of drug-likeness (QED) is 0.403. The summed E-state index contributed by atoms with van der Waals surface area (Å²) in [4.78, 5) is 20.0. The molecular weight excluding hydrogens is 450 g/mol. The van der Waals surface area contributed by atoms with Gasteiger partial charge in [-0.25, -0.2) is 9.50 Å². The van der Waals surface area contributed by atoms with Gasteiger partial charge >= 0.3 is 0 Å². The molecule has 1 aliphatic rings. The summed E-state index contributed by atoms with van der Waals surface area (Å²) in [7, 11) is 0. The number of rotatable bonds is 7. The lowest BCUT2D eigenvalue weighted by molar-refractivity contribution is -0.125. The number of benzene rings is 2. The third-order valence-corrected chi connectivity index (χ3v) is 6.97. The first-order chi connectivity index (χ1) is 17.5. The number of carbonyl (C=O) groups excluding carboxylic acids is 1. The van der Waals surface area contributed by atoms with E-state index in [4.69, 9.17) is 14.8 Å². The standard InChI is InChI=1S/C29H33N5O2/c1-4-36-25-11-8-22(9-12-25)18-31-29(35)24-6-5-14-33(19-24)28-27-17-26(32-34(27)15-13-30-28)23-10-7-20(2)21(3)16-23/h7-13,15-17,24H,4-6,14,18-19H2,1-3H3,(H,31,35)/t24-/m1/s1. The van der Waals surface area contributed by atoms with Gasteiger partial charge in [0.2, 0.25) is 5.91 Å². The maximum absolute atomic E-state index is 13.0. The molecule has 5 rings (SSSR count). The molecule has 1 aliphatic heterocycles. The summed E-state index contributed by atoms with van der Waals surface area (Å²) in [5, 5.41) is 7.93. The monoisotopic (exact) mass is 483 g/mol. The van der Waals surface area contributed by atoms with Crippen molar-refractivity contribution < 1.29 is 9.53 Å². The molecule has 2 aromatic heterocycles. The largest absolute Gasteiger partial charge is 0.494 e. The fraction of sp³-hybridized carbons (Fsp3) is 0.345. The number of fused-ring (bicyclic) bond motifs is 1. The summed E-state index contributed by atoms with van der Waals surface area (Å²) >= 11 is 0. The van der Waals surface area contributed by atoms with Crippen molar-refractivity contribution in [3.8, 4) is 17.0 Å². The van der Waals surface area contributed by atoms with E-state index in [1.807, 2.05) is 41.9 Å². The first-order valence-electron chi connectivity index (χ1n) is 12.7. The van der Waals surface area contributed by atoms with Gasteiger partial charge in [-0.1, -0.05) is 24.3 Å². The minimum Gasteiger partial charge on any atom is -0.494 e. The average molecular weight is 484 g/mol. The number of aryl methyl sites for hydroxylation is 2. The van der Waals surface area contributed by atoms with E-state index in [1.54, 1.807) is 6.20 Å². The number of hydrogen-bond donors (Lipinski definition) is 1. The van der Waals surface area contributed by atoms with Crippen LogP contribution in [0.25, 0.3) is 16.8 Å².